The van der Waals surface area contributed by atoms with E-state index in [2.05, 4.69) is 4.98 Å². The lowest BCUT2D eigenvalue weighted by Crippen LogP contribution is -2.14. The van der Waals surface area contributed by atoms with Crippen LogP contribution in [0.3, 0.4) is 0 Å². The number of carboxylic acids is 1. The number of halogens is 4. The van der Waals surface area contributed by atoms with Crippen molar-refractivity contribution in [3.05, 3.63) is 28.0 Å². The summed E-state index contributed by atoms with van der Waals surface area (Å²) in [5.74, 6) is -2.80. The Morgan fingerprint density at radius 3 is 2.56 bits per heavy atom. The highest BCUT2D eigenvalue weighted by atomic mass is 35.5. The van der Waals surface area contributed by atoms with Crippen molar-refractivity contribution in [1.29, 1.82) is 0 Å². The molecule has 1 heterocycles. The Labute approximate surface area is 100 Å². The van der Waals surface area contributed by atoms with Crippen LogP contribution in [0.1, 0.15) is 17.9 Å². The predicted molar refractivity (Wildman–Crippen MR) is 55.3 cm³/mol. The molecule has 1 unspecified atom stereocenters. The zero-order valence-corrected chi connectivity index (χ0v) is 9.34. The summed E-state index contributed by atoms with van der Waals surface area (Å²) >= 11 is 11.2. The SMILES string of the molecule is O=C(O)CC(c1cnc(Cl)cc1Cl)C(F)F. The van der Waals surface area contributed by atoms with Crippen LogP contribution < -0.4 is 0 Å². The molecule has 0 fully saturated rings. The van der Waals surface area contributed by atoms with Crippen molar-refractivity contribution < 1.29 is 18.7 Å². The first-order valence-electron chi connectivity index (χ1n) is 4.22. The van der Waals surface area contributed by atoms with Crippen LogP contribution in [0.15, 0.2) is 12.3 Å². The summed E-state index contributed by atoms with van der Waals surface area (Å²) in [7, 11) is 0. The third-order valence-electron chi connectivity index (χ3n) is 1.95. The van der Waals surface area contributed by atoms with Crippen LogP contribution in [0, 0.1) is 0 Å². The van der Waals surface area contributed by atoms with E-state index in [0.717, 1.165) is 6.20 Å². The summed E-state index contributed by atoms with van der Waals surface area (Å²) in [5, 5.41) is 8.58. The van der Waals surface area contributed by atoms with E-state index in [1.807, 2.05) is 0 Å². The maximum Gasteiger partial charge on any atom is 0.304 e. The van der Waals surface area contributed by atoms with Crippen LogP contribution >= 0.6 is 23.2 Å². The molecular weight excluding hydrogens is 263 g/mol. The van der Waals surface area contributed by atoms with Crippen LogP contribution in [-0.2, 0) is 4.79 Å². The molecule has 0 saturated carbocycles. The third-order valence-corrected chi connectivity index (χ3v) is 2.48. The molecule has 0 bridgehead atoms. The van der Waals surface area contributed by atoms with Crippen LogP contribution in [0.25, 0.3) is 0 Å². The molecule has 16 heavy (non-hydrogen) atoms. The number of hydrogen-bond acceptors (Lipinski definition) is 2. The summed E-state index contributed by atoms with van der Waals surface area (Å²) in [5.41, 5.74) is -0.0107. The van der Waals surface area contributed by atoms with Gasteiger partial charge in [-0.15, -0.1) is 0 Å². The Morgan fingerprint density at radius 2 is 2.12 bits per heavy atom. The second-order valence-electron chi connectivity index (χ2n) is 3.07. The number of aliphatic carboxylic acids is 1. The van der Waals surface area contributed by atoms with Gasteiger partial charge >= 0.3 is 5.97 Å². The van der Waals surface area contributed by atoms with Gasteiger partial charge < -0.3 is 5.11 Å². The number of hydrogen-bond donors (Lipinski definition) is 1. The first kappa shape index (κ1) is 13.1. The normalized spacial score (nSPS) is 12.8. The molecule has 0 spiro atoms. The molecule has 1 aromatic heterocycles. The second-order valence-corrected chi connectivity index (χ2v) is 3.86. The molecule has 1 N–H and O–H groups in total. The Balaban J connectivity index is 3.05. The van der Waals surface area contributed by atoms with Gasteiger partial charge in [0.25, 0.3) is 0 Å². The molecule has 0 saturated heterocycles. The second kappa shape index (κ2) is 5.41. The number of aromatic nitrogens is 1. The number of nitrogens with zero attached hydrogens (tertiary/aromatic N) is 1. The Morgan fingerprint density at radius 1 is 1.50 bits per heavy atom. The standard InChI is InChI=1S/C9H7Cl2F2NO2/c10-6-2-7(11)14-3-5(6)4(9(12)13)1-8(15)16/h2-4,9H,1H2,(H,15,16). The lowest BCUT2D eigenvalue weighted by Gasteiger charge is -2.15. The largest absolute Gasteiger partial charge is 0.481 e. The molecule has 0 aliphatic heterocycles. The number of alkyl halides is 2. The molecule has 0 aliphatic carbocycles. The summed E-state index contributed by atoms with van der Waals surface area (Å²) in [6.45, 7) is 0. The van der Waals surface area contributed by atoms with Gasteiger partial charge in [0.2, 0.25) is 6.43 Å². The van der Waals surface area contributed by atoms with E-state index < -0.39 is 24.7 Å². The van der Waals surface area contributed by atoms with E-state index in [9.17, 15) is 13.6 Å². The molecule has 1 atom stereocenters. The molecule has 88 valence electrons. The van der Waals surface area contributed by atoms with Crippen molar-refractivity contribution >= 4 is 29.2 Å². The molecule has 0 aliphatic rings. The highest BCUT2D eigenvalue weighted by Crippen LogP contribution is 2.32. The van der Waals surface area contributed by atoms with Crippen LogP contribution in [-0.4, -0.2) is 22.5 Å². The number of carboxylic acid groups (broad SMARTS) is 1. The van der Waals surface area contributed by atoms with Gasteiger partial charge in [0, 0.05) is 11.2 Å². The van der Waals surface area contributed by atoms with E-state index in [1.54, 1.807) is 0 Å². The van der Waals surface area contributed by atoms with Crippen molar-refractivity contribution in [2.45, 2.75) is 18.8 Å². The van der Waals surface area contributed by atoms with Crippen LogP contribution in [0.2, 0.25) is 10.2 Å². The molecule has 0 radical (unpaired) electrons. The summed E-state index contributed by atoms with van der Waals surface area (Å²) in [6, 6.07) is 1.20. The van der Waals surface area contributed by atoms with Crippen LogP contribution in [0.5, 0.6) is 0 Å². The van der Waals surface area contributed by atoms with Crippen LogP contribution in [0.4, 0.5) is 8.78 Å². The zero-order chi connectivity index (χ0) is 12.3. The van der Waals surface area contributed by atoms with Gasteiger partial charge in [-0.3, -0.25) is 4.79 Å². The van der Waals surface area contributed by atoms with Crippen molar-refractivity contribution in [2.75, 3.05) is 0 Å². The van der Waals surface area contributed by atoms with E-state index in [4.69, 9.17) is 28.3 Å². The summed E-state index contributed by atoms with van der Waals surface area (Å²) in [4.78, 5) is 14.0. The Kier molecular flexibility index (Phi) is 4.44. The third kappa shape index (κ3) is 3.28. The highest BCUT2D eigenvalue weighted by molar-refractivity contribution is 6.34. The van der Waals surface area contributed by atoms with Crippen molar-refractivity contribution in [3.63, 3.8) is 0 Å². The minimum Gasteiger partial charge on any atom is -0.481 e. The first-order chi connectivity index (χ1) is 7.41. The maximum atomic E-state index is 12.6. The van der Waals surface area contributed by atoms with Gasteiger partial charge in [0.15, 0.2) is 0 Å². The topological polar surface area (TPSA) is 50.2 Å². The number of carbonyl (C=O) groups is 1. The average molecular weight is 270 g/mol. The average Bonchev–Trinajstić information content (AvgIpc) is 2.14. The van der Waals surface area contributed by atoms with E-state index >= 15 is 0 Å². The molecule has 0 amide bonds. The minimum absolute atomic E-state index is 0.00782. The summed E-state index contributed by atoms with van der Waals surface area (Å²) in [6.07, 6.45) is -2.46. The molecule has 1 rings (SSSR count). The van der Waals surface area contributed by atoms with E-state index in [-0.39, 0.29) is 15.7 Å². The summed E-state index contributed by atoms with van der Waals surface area (Å²) < 4.78 is 25.3. The van der Waals surface area contributed by atoms with Gasteiger partial charge in [0.1, 0.15) is 5.15 Å². The zero-order valence-electron chi connectivity index (χ0n) is 7.83. The van der Waals surface area contributed by atoms with Crippen molar-refractivity contribution in [3.8, 4) is 0 Å². The maximum absolute atomic E-state index is 12.6. The molecule has 7 heteroatoms. The van der Waals surface area contributed by atoms with Crippen molar-refractivity contribution in [1.82, 2.24) is 4.98 Å². The predicted octanol–water partition coefficient (Wildman–Crippen LogP) is 3.21. The highest BCUT2D eigenvalue weighted by Gasteiger charge is 2.27. The van der Waals surface area contributed by atoms with Gasteiger partial charge in [-0.25, -0.2) is 13.8 Å². The van der Waals surface area contributed by atoms with E-state index in [0.29, 0.717) is 0 Å². The number of rotatable bonds is 4. The van der Waals surface area contributed by atoms with Gasteiger partial charge in [-0.05, 0) is 11.6 Å². The fourth-order valence-electron chi connectivity index (χ4n) is 1.21. The fraction of sp³-hybridized carbons (Fsp3) is 0.333. The van der Waals surface area contributed by atoms with Gasteiger partial charge in [0.05, 0.1) is 12.3 Å². The molecular formula is C9H7Cl2F2NO2. The monoisotopic (exact) mass is 269 g/mol. The Bertz CT molecular complexity index is 401. The smallest absolute Gasteiger partial charge is 0.304 e. The van der Waals surface area contributed by atoms with Gasteiger partial charge in [-0.2, -0.15) is 0 Å². The van der Waals surface area contributed by atoms with E-state index in [1.165, 1.54) is 6.07 Å². The molecule has 3 nitrogen and oxygen atoms in total. The Hall–Kier alpha value is -0.940. The minimum atomic E-state index is -2.82. The lowest BCUT2D eigenvalue weighted by atomic mass is 9.98. The van der Waals surface area contributed by atoms with Gasteiger partial charge in [-0.1, -0.05) is 23.2 Å². The van der Waals surface area contributed by atoms with Crippen molar-refractivity contribution in [2.24, 2.45) is 0 Å². The number of pyridine rings is 1. The quantitative estimate of drug-likeness (QED) is 0.854. The lowest BCUT2D eigenvalue weighted by molar-refractivity contribution is -0.138. The molecule has 0 aromatic carbocycles. The molecule has 1 aromatic rings. The fourth-order valence-corrected chi connectivity index (χ4v) is 1.72. The first-order valence-corrected chi connectivity index (χ1v) is 4.98.